The molecule has 19 heavy (non-hydrogen) atoms. The molecular formula is C13H13FN4O. The van der Waals surface area contributed by atoms with E-state index in [9.17, 15) is 9.18 Å². The molecule has 1 aromatic carbocycles. The molecule has 1 fully saturated rings. The molecule has 1 saturated heterocycles. The summed E-state index contributed by atoms with van der Waals surface area (Å²) >= 11 is 0. The monoisotopic (exact) mass is 260 g/mol. The van der Waals surface area contributed by atoms with Gasteiger partial charge in [0.25, 0.3) is 5.91 Å². The van der Waals surface area contributed by atoms with Crippen LogP contribution in [-0.4, -0.2) is 23.4 Å². The Hall–Kier alpha value is -2.33. The van der Waals surface area contributed by atoms with Crippen molar-refractivity contribution in [3.8, 4) is 0 Å². The van der Waals surface area contributed by atoms with Crippen molar-refractivity contribution in [3.05, 3.63) is 52.7 Å². The number of carbonyl (C=O) groups excluding carboxylic acids is 1. The Kier molecular flexibility index (Phi) is 3.82. The lowest BCUT2D eigenvalue weighted by atomic mass is 10.1. The van der Waals surface area contributed by atoms with Crippen LogP contribution in [0.25, 0.3) is 10.4 Å². The molecule has 0 spiro atoms. The normalized spacial score (nSPS) is 17.9. The third-order valence-corrected chi connectivity index (χ3v) is 3.17. The molecule has 0 aromatic heterocycles. The van der Waals surface area contributed by atoms with Gasteiger partial charge in [-0.05, 0) is 36.6 Å². The average molecular weight is 260 g/mol. The van der Waals surface area contributed by atoms with E-state index < -0.39 is 5.82 Å². The highest BCUT2D eigenvalue weighted by atomic mass is 19.1. The van der Waals surface area contributed by atoms with Crippen molar-refractivity contribution in [2.24, 2.45) is 5.11 Å². The summed E-state index contributed by atoms with van der Waals surface area (Å²) in [6.07, 6.45) is 3.44. The largest absolute Gasteiger partial charge is 0.332 e. The number of azide groups is 1. The Labute approximate surface area is 110 Å². The van der Waals surface area contributed by atoms with Gasteiger partial charge in [0, 0.05) is 11.5 Å². The molecule has 0 aliphatic carbocycles. The zero-order valence-electron chi connectivity index (χ0n) is 10.3. The van der Waals surface area contributed by atoms with Crippen molar-refractivity contribution in [1.82, 2.24) is 4.90 Å². The molecular weight excluding hydrogens is 247 g/mol. The molecule has 6 heteroatoms. The molecule has 0 radical (unpaired) electrons. The summed E-state index contributed by atoms with van der Waals surface area (Å²) in [4.78, 5) is 16.7. The van der Waals surface area contributed by atoms with Crippen molar-refractivity contribution in [3.63, 3.8) is 0 Å². The fourth-order valence-corrected chi connectivity index (χ4v) is 2.26. The van der Waals surface area contributed by atoms with Crippen LogP contribution in [0.1, 0.15) is 23.2 Å². The molecule has 2 rings (SSSR count). The molecule has 0 saturated carbocycles. The van der Waals surface area contributed by atoms with Gasteiger partial charge >= 0.3 is 0 Å². The van der Waals surface area contributed by atoms with Crippen molar-refractivity contribution in [2.45, 2.75) is 18.9 Å². The van der Waals surface area contributed by atoms with E-state index in [2.05, 4.69) is 16.6 Å². The summed E-state index contributed by atoms with van der Waals surface area (Å²) in [7, 11) is 0. The number of hydrogen-bond donors (Lipinski definition) is 0. The minimum Gasteiger partial charge on any atom is -0.332 e. The molecule has 1 aliphatic rings. The van der Waals surface area contributed by atoms with Gasteiger partial charge in [-0.2, -0.15) is 0 Å². The molecule has 0 bridgehead atoms. The lowest BCUT2D eigenvalue weighted by molar-refractivity contribution is 0.0762. The molecule has 1 aromatic rings. The summed E-state index contributed by atoms with van der Waals surface area (Å²) in [5.74, 6) is -0.862. The lowest BCUT2D eigenvalue weighted by Crippen LogP contribution is -2.34. The van der Waals surface area contributed by atoms with Crippen LogP contribution in [0.15, 0.2) is 36.0 Å². The first-order valence-corrected chi connectivity index (χ1v) is 5.95. The van der Waals surface area contributed by atoms with Crippen LogP contribution in [0.2, 0.25) is 0 Å². The average Bonchev–Trinajstić information content (AvgIpc) is 2.88. The van der Waals surface area contributed by atoms with Gasteiger partial charge in [-0.3, -0.25) is 4.79 Å². The first-order valence-electron chi connectivity index (χ1n) is 5.95. The predicted molar refractivity (Wildman–Crippen MR) is 69.5 cm³/mol. The zero-order chi connectivity index (χ0) is 13.8. The lowest BCUT2D eigenvalue weighted by Gasteiger charge is -2.22. The third kappa shape index (κ3) is 2.58. The van der Waals surface area contributed by atoms with Gasteiger partial charge in [-0.15, -0.1) is 6.58 Å². The summed E-state index contributed by atoms with van der Waals surface area (Å²) in [5.41, 5.74) is 8.71. The second kappa shape index (κ2) is 5.54. The van der Waals surface area contributed by atoms with Gasteiger partial charge in [0.15, 0.2) is 0 Å². The molecule has 1 atom stereocenters. The van der Waals surface area contributed by atoms with Crippen LogP contribution in [0.5, 0.6) is 0 Å². The van der Waals surface area contributed by atoms with Gasteiger partial charge in [0.05, 0.1) is 17.3 Å². The van der Waals surface area contributed by atoms with Crippen LogP contribution in [-0.2, 0) is 0 Å². The molecule has 1 amide bonds. The molecule has 0 N–H and O–H groups in total. The second-order valence-electron chi connectivity index (χ2n) is 4.29. The van der Waals surface area contributed by atoms with Crippen LogP contribution in [0.4, 0.5) is 10.1 Å². The van der Waals surface area contributed by atoms with Crippen LogP contribution >= 0.6 is 0 Å². The highest BCUT2D eigenvalue weighted by Crippen LogP contribution is 2.26. The summed E-state index contributed by atoms with van der Waals surface area (Å²) in [6, 6.07) is 3.52. The number of halogens is 1. The van der Waals surface area contributed by atoms with Gasteiger partial charge < -0.3 is 4.90 Å². The number of rotatable bonds is 3. The number of nitrogens with zero attached hydrogens (tertiary/aromatic N) is 4. The fraction of sp³-hybridized carbons (Fsp3) is 0.308. The van der Waals surface area contributed by atoms with Crippen LogP contribution in [0, 0.1) is 5.82 Å². The van der Waals surface area contributed by atoms with Gasteiger partial charge in [-0.25, -0.2) is 4.39 Å². The van der Waals surface area contributed by atoms with E-state index in [4.69, 9.17) is 5.53 Å². The van der Waals surface area contributed by atoms with Crippen LogP contribution in [0.3, 0.4) is 0 Å². The maximum atomic E-state index is 13.3. The number of carbonyl (C=O) groups is 1. The van der Waals surface area contributed by atoms with Crippen molar-refractivity contribution in [1.29, 1.82) is 0 Å². The second-order valence-corrected chi connectivity index (χ2v) is 4.29. The van der Waals surface area contributed by atoms with Gasteiger partial charge in [0.1, 0.15) is 5.82 Å². The maximum absolute atomic E-state index is 13.3. The minimum absolute atomic E-state index is 0.0466. The summed E-state index contributed by atoms with van der Waals surface area (Å²) in [5, 5.41) is 3.43. The maximum Gasteiger partial charge on any atom is 0.254 e. The van der Waals surface area contributed by atoms with Crippen molar-refractivity contribution < 1.29 is 9.18 Å². The van der Waals surface area contributed by atoms with Crippen molar-refractivity contribution >= 4 is 11.6 Å². The Morgan fingerprint density at radius 3 is 3.11 bits per heavy atom. The molecule has 1 aliphatic heterocycles. The summed E-state index contributed by atoms with van der Waals surface area (Å²) < 4.78 is 13.3. The van der Waals surface area contributed by atoms with Gasteiger partial charge in [0.2, 0.25) is 0 Å². The Balaban J connectivity index is 2.40. The Bertz CT molecular complexity index is 566. The predicted octanol–water partition coefficient (Wildman–Crippen LogP) is 3.56. The number of likely N-dealkylation sites (tertiary alicyclic amines) is 1. The van der Waals surface area contributed by atoms with E-state index in [1.54, 1.807) is 11.0 Å². The highest BCUT2D eigenvalue weighted by molar-refractivity contribution is 5.99. The van der Waals surface area contributed by atoms with E-state index in [1.165, 1.54) is 6.07 Å². The smallest absolute Gasteiger partial charge is 0.254 e. The first kappa shape index (κ1) is 13.1. The molecule has 0 unspecified atom stereocenters. The van der Waals surface area contributed by atoms with Gasteiger partial charge in [-0.1, -0.05) is 11.2 Å². The SMILES string of the molecule is C=C[C@@H]1CCCN1C(=O)c1cc(F)ccc1N=[N+]=[N-]. The first-order chi connectivity index (χ1) is 9.17. The van der Waals surface area contributed by atoms with Crippen molar-refractivity contribution in [2.75, 3.05) is 6.54 Å². The van der Waals surface area contributed by atoms with E-state index >= 15 is 0 Å². The number of benzene rings is 1. The van der Waals surface area contributed by atoms with E-state index in [0.717, 1.165) is 25.0 Å². The summed E-state index contributed by atoms with van der Waals surface area (Å²) in [6.45, 7) is 4.29. The fourth-order valence-electron chi connectivity index (χ4n) is 2.26. The topological polar surface area (TPSA) is 69.1 Å². The number of amides is 1. The zero-order valence-corrected chi connectivity index (χ0v) is 10.3. The highest BCUT2D eigenvalue weighted by Gasteiger charge is 2.28. The quantitative estimate of drug-likeness (QED) is 0.354. The van der Waals surface area contributed by atoms with Crippen LogP contribution < -0.4 is 0 Å². The van der Waals surface area contributed by atoms with E-state index in [0.29, 0.717) is 6.54 Å². The molecule has 98 valence electrons. The minimum atomic E-state index is -0.533. The van der Waals surface area contributed by atoms with E-state index in [-0.39, 0.29) is 23.2 Å². The Morgan fingerprint density at radius 2 is 2.42 bits per heavy atom. The molecule has 1 heterocycles. The molecule has 5 nitrogen and oxygen atoms in total. The third-order valence-electron chi connectivity index (χ3n) is 3.17. The Morgan fingerprint density at radius 1 is 1.63 bits per heavy atom. The standard InChI is InChI=1S/C13H13FN4O/c1-2-10-4-3-7-18(10)13(19)11-8-9(14)5-6-12(11)16-17-15/h2,5-6,8,10H,1,3-4,7H2/t10-/m1/s1. The van der Waals surface area contributed by atoms with E-state index in [1.807, 2.05) is 0 Å². The number of hydrogen-bond acceptors (Lipinski definition) is 2.